The zero-order valence-electron chi connectivity index (χ0n) is 16.2. The van der Waals surface area contributed by atoms with Crippen LogP contribution in [0.15, 0.2) is 60.8 Å². The molecule has 0 unspecified atom stereocenters. The van der Waals surface area contributed by atoms with Crippen molar-refractivity contribution < 1.29 is 9.72 Å². The molecule has 0 saturated carbocycles. The number of rotatable bonds is 10. The van der Waals surface area contributed by atoms with Gasteiger partial charge in [-0.2, -0.15) is 0 Å². The number of hydrogen-bond donors (Lipinski definition) is 0. The van der Waals surface area contributed by atoms with Crippen molar-refractivity contribution >= 4 is 22.4 Å². The Morgan fingerprint density at radius 1 is 1.04 bits per heavy atom. The normalized spacial score (nSPS) is 12.2. The molecular weight excluding hydrogens is 352 g/mol. The number of ketones is 1. The second-order valence-electron chi connectivity index (χ2n) is 7.19. The topological polar surface area (TPSA) is 65.1 Å². The van der Waals surface area contributed by atoms with Gasteiger partial charge in [-0.15, -0.1) is 0 Å². The van der Waals surface area contributed by atoms with E-state index in [-0.39, 0.29) is 22.4 Å². The van der Waals surface area contributed by atoms with E-state index >= 15 is 0 Å². The molecule has 0 bridgehead atoms. The van der Waals surface area contributed by atoms with E-state index in [9.17, 15) is 14.9 Å². The molecule has 0 amide bonds. The standard InChI is InChI=1S/C23H26N2O3/c1-2-3-4-8-12-19(17-23(26)18-10-6-5-7-11-18)24-16-15-20-21(24)13-9-14-22(20)25(27)28/h5-7,9-11,13-16,19H,2-4,8,12,17H2,1H3/t19-/m0/s1. The first-order chi connectivity index (χ1) is 13.6. The number of unbranched alkanes of at least 4 members (excludes halogenated alkanes) is 3. The summed E-state index contributed by atoms with van der Waals surface area (Å²) in [4.78, 5) is 23.8. The monoisotopic (exact) mass is 378 g/mol. The predicted octanol–water partition coefficient (Wildman–Crippen LogP) is 6.33. The Morgan fingerprint density at radius 3 is 2.54 bits per heavy atom. The highest BCUT2D eigenvalue weighted by molar-refractivity contribution is 5.96. The first-order valence-electron chi connectivity index (χ1n) is 9.94. The van der Waals surface area contributed by atoms with Gasteiger partial charge in [-0.3, -0.25) is 14.9 Å². The van der Waals surface area contributed by atoms with Crippen molar-refractivity contribution in [3.8, 4) is 0 Å². The van der Waals surface area contributed by atoms with Gasteiger partial charge in [0.2, 0.25) is 0 Å². The van der Waals surface area contributed by atoms with Crippen LogP contribution in [0, 0.1) is 10.1 Å². The molecule has 3 rings (SSSR count). The molecule has 0 aliphatic carbocycles. The van der Waals surface area contributed by atoms with Gasteiger partial charge in [0.1, 0.15) is 0 Å². The van der Waals surface area contributed by atoms with Gasteiger partial charge in [0.15, 0.2) is 5.78 Å². The van der Waals surface area contributed by atoms with E-state index in [0.717, 1.165) is 31.2 Å². The van der Waals surface area contributed by atoms with E-state index in [1.54, 1.807) is 12.1 Å². The van der Waals surface area contributed by atoms with Gasteiger partial charge in [0, 0.05) is 30.3 Å². The van der Waals surface area contributed by atoms with Crippen molar-refractivity contribution in [2.45, 2.75) is 51.5 Å². The lowest BCUT2D eigenvalue weighted by Crippen LogP contribution is -2.14. The zero-order valence-corrected chi connectivity index (χ0v) is 16.2. The summed E-state index contributed by atoms with van der Waals surface area (Å²) in [6.07, 6.45) is 7.67. The fourth-order valence-electron chi connectivity index (χ4n) is 3.75. The summed E-state index contributed by atoms with van der Waals surface area (Å²) >= 11 is 0. The van der Waals surface area contributed by atoms with E-state index in [1.165, 1.54) is 12.5 Å². The summed E-state index contributed by atoms with van der Waals surface area (Å²) in [6.45, 7) is 2.18. The lowest BCUT2D eigenvalue weighted by molar-refractivity contribution is -0.383. The van der Waals surface area contributed by atoms with Gasteiger partial charge < -0.3 is 4.57 Å². The van der Waals surface area contributed by atoms with Crippen molar-refractivity contribution in [2.24, 2.45) is 0 Å². The largest absolute Gasteiger partial charge is 0.344 e. The van der Waals surface area contributed by atoms with Crippen molar-refractivity contribution in [3.05, 3.63) is 76.5 Å². The molecule has 0 fully saturated rings. The van der Waals surface area contributed by atoms with Crippen LogP contribution in [-0.4, -0.2) is 15.3 Å². The molecule has 5 heteroatoms. The molecule has 0 radical (unpaired) electrons. The van der Waals surface area contributed by atoms with Gasteiger partial charge in [0.05, 0.1) is 15.8 Å². The minimum absolute atomic E-state index is 0.0101. The molecule has 1 aromatic heterocycles. The number of aromatic nitrogens is 1. The summed E-state index contributed by atoms with van der Waals surface area (Å²) in [6, 6.07) is 16.2. The zero-order chi connectivity index (χ0) is 19.9. The molecule has 146 valence electrons. The van der Waals surface area contributed by atoms with Crippen LogP contribution in [-0.2, 0) is 0 Å². The van der Waals surface area contributed by atoms with Crippen LogP contribution in [0.1, 0.15) is 61.8 Å². The first kappa shape index (κ1) is 19.8. The average molecular weight is 378 g/mol. The molecular formula is C23H26N2O3. The molecule has 28 heavy (non-hydrogen) atoms. The number of nitrogens with zero attached hydrogens (tertiary/aromatic N) is 2. The number of Topliss-reactive ketones (excluding diaryl/α,β-unsaturated/α-hetero) is 1. The van der Waals surface area contributed by atoms with E-state index in [2.05, 4.69) is 11.5 Å². The van der Waals surface area contributed by atoms with Gasteiger partial charge in [0.25, 0.3) is 5.69 Å². The van der Waals surface area contributed by atoms with Gasteiger partial charge >= 0.3 is 0 Å². The van der Waals surface area contributed by atoms with Crippen LogP contribution < -0.4 is 0 Å². The van der Waals surface area contributed by atoms with Crippen LogP contribution in [0.2, 0.25) is 0 Å². The van der Waals surface area contributed by atoms with E-state index in [4.69, 9.17) is 0 Å². The highest BCUT2D eigenvalue weighted by Gasteiger charge is 2.21. The van der Waals surface area contributed by atoms with Crippen LogP contribution in [0.3, 0.4) is 0 Å². The number of carbonyl (C=O) groups excluding carboxylic acids is 1. The fourth-order valence-corrected chi connectivity index (χ4v) is 3.75. The number of nitro groups is 1. The Labute approximate surface area is 165 Å². The lowest BCUT2D eigenvalue weighted by atomic mass is 9.98. The fraction of sp³-hybridized carbons (Fsp3) is 0.348. The minimum atomic E-state index is -0.349. The second kappa shape index (κ2) is 9.31. The van der Waals surface area contributed by atoms with Crippen LogP contribution in [0.4, 0.5) is 5.69 Å². The van der Waals surface area contributed by atoms with Gasteiger partial charge in [-0.25, -0.2) is 0 Å². The Morgan fingerprint density at radius 2 is 1.82 bits per heavy atom. The minimum Gasteiger partial charge on any atom is -0.344 e. The molecule has 0 spiro atoms. The highest BCUT2D eigenvalue weighted by atomic mass is 16.6. The number of benzene rings is 2. The highest BCUT2D eigenvalue weighted by Crippen LogP contribution is 2.32. The Kier molecular flexibility index (Phi) is 6.58. The smallest absolute Gasteiger partial charge is 0.278 e. The Bertz CT molecular complexity index is 947. The number of nitro benzene ring substituents is 1. The van der Waals surface area contributed by atoms with Crippen molar-refractivity contribution in [1.29, 1.82) is 0 Å². The average Bonchev–Trinajstić information content (AvgIpc) is 3.14. The Hall–Kier alpha value is -2.95. The number of non-ortho nitro benzene ring substituents is 1. The third kappa shape index (κ3) is 4.47. The molecule has 1 atom stereocenters. The SMILES string of the molecule is CCCCCC[C@@H](CC(=O)c1ccccc1)n1ccc2c([N+](=O)[O-])cccc21. The Balaban J connectivity index is 1.90. The van der Waals surface area contributed by atoms with Crippen LogP contribution in [0.25, 0.3) is 10.9 Å². The molecule has 2 aromatic carbocycles. The summed E-state index contributed by atoms with van der Waals surface area (Å²) in [5.41, 5.74) is 1.63. The molecule has 0 aliphatic heterocycles. The van der Waals surface area contributed by atoms with Crippen LogP contribution in [0.5, 0.6) is 0 Å². The van der Waals surface area contributed by atoms with Gasteiger partial charge in [-0.05, 0) is 18.6 Å². The number of carbonyl (C=O) groups is 1. The molecule has 5 nitrogen and oxygen atoms in total. The maximum absolute atomic E-state index is 12.8. The quantitative estimate of drug-likeness (QED) is 0.179. The van der Waals surface area contributed by atoms with Gasteiger partial charge in [-0.1, -0.05) is 69.0 Å². The number of hydrogen-bond acceptors (Lipinski definition) is 3. The van der Waals surface area contributed by atoms with Crippen LogP contribution >= 0.6 is 0 Å². The summed E-state index contributed by atoms with van der Waals surface area (Å²) in [7, 11) is 0. The molecule has 3 aromatic rings. The molecule has 0 aliphatic rings. The predicted molar refractivity (Wildman–Crippen MR) is 112 cm³/mol. The lowest BCUT2D eigenvalue weighted by Gasteiger charge is -2.20. The van der Waals surface area contributed by atoms with Crippen molar-refractivity contribution in [2.75, 3.05) is 0 Å². The van der Waals surface area contributed by atoms with Crippen molar-refractivity contribution in [1.82, 2.24) is 4.57 Å². The molecule has 0 saturated heterocycles. The van der Waals surface area contributed by atoms with E-state index in [1.807, 2.05) is 42.6 Å². The van der Waals surface area contributed by atoms with E-state index in [0.29, 0.717) is 17.4 Å². The first-order valence-corrected chi connectivity index (χ1v) is 9.94. The maximum atomic E-state index is 12.8. The van der Waals surface area contributed by atoms with Crippen molar-refractivity contribution in [3.63, 3.8) is 0 Å². The molecule has 0 N–H and O–H groups in total. The summed E-state index contributed by atoms with van der Waals surface area (Å²) in [5.74, 6) is 0.105. The third-order valence-corrected chi connectivity index (χ3v) is 5.24. The second-order valence-corrected chi connectivity index (χ2v) is 7.19. The summed E-state index contributed by atoms with van der Waals surface area (Å²) in [5, 5.41) is 12.0. The third-order valence-electron chi connectivity index (χ3n) is 5.24. The summed E-state index contributed by atoms with van der Waals surface area (Å²) < 4.78 is 2.05. The maximum Gasteiger partial charge on any atom is 0.278 e. The molecule has 1 heterocycles. The number of fused-ring (bicyclic) bond motifs is 1. The van der Waals surface area contributed by atoms with E-state index < -0.39 is 0 Å².